The highest BCUT2D eigenvalue weighted by molar-refractivity contribution is 5.89. The van der Waals surface area contributed by atoms with E-state index in [2.05, 4.69) is 15.0 Å². The molecular formula is C15H12FN3O2. The van der Waals surface area contributed by atoms with E-state index in [0.717, 1.165) is 11.0 Å². The van der Waals surface area contributed by atoms with E-state index in [-0.39, 0.29) is 5.56 Å². The van der Waals surface area contributed by atoms with Gasteiger partial charge in [0.1, 0.15) is 11.3 Å². The van der Waals surface area contributed by atoms with E-state index < -0.39 is 11.8 Å². The number of carbonyl (C=O) groups is 1. The number of esters is 1. The molecule has 3 aromatic rings. The number of methoxy groups -OCH3 is 1. The Kier molecular flexibility index (Phi) is 3.35. The third kappa shape index (κ3) is 2.47. The zero-order valence-corrected chi connectivity index (χ0v) is 11.3. The molecule has 5 nitrogen and oxygen atoms in total. The Bertz CT molecular complexity index is 814. The van der Waals surface area contributed by atoms with Crippen LogP contribution in [0.3, 0.4) is 0 Å². The van der Waals surface area contributed by atoms with Gasteiger partial charge in [0.15, 0.2) is 0 Å². The van der Waals surface area contributed by atoms with E-state index in [1.54, 1.807) is 10.7 Å². The molecule has 0 aliphatic heterocycles. The largest absolute Gasteiger partial charge is 0.465 e. The topological polar surface area (TPSA) is 57.0 Å². The minimum absolute atomic E-state index is 0.0790. The fourth-order valence-electron chi connectivity index (χ4n) is 2.14. The first-order valence-electron chi connectivity index (χ1n) is 6.34. The van der Waals surface area contributed by atoms with Crippen LogP contribution in [-0.2, 0) is 11.3 Å². The second-order valence-electron chi connectivity index (χ2n) is 4.54. The zero-order valence-electron chi connectivity index (χ0n) is 11.3. The maximum atomic E-state index is 13.9. The van der Waals surface area contributed by atoms with Crippen LogP contribution in [0.1, 0.15) is 15.9 Å². The first kappa shape index (κ1) is 13.2. The van der Waals surface area contributed by atoms with Gasteiger partial charge in [-0.3, -0.25) is 0 Å². The number of ether oxygens (including phenoxy) is 1. The second-order valence-corrected chi connectivity index (χ2v) is 4.54. The molecule has 21 heavy (non-hydrogen) atoms. The summed E-state index contributed by atoms with van der Waals surface area (Å²) in [6.07, 6.45) is 0. The normalized spacial score (nSPS) is 10.8. The number of hydrogen-bond donors (Lipinski definition) is 0. The Morgan fingerprint density at radius 2 is 2.10 bits per heavy atom. The number of halogens is 1. The SMILES string of the molecule is COC(=O)c1ccc(Cn2nnc3ccccc32)cc1F. The Morgan fingerprint density at radius 3 is 2.86 bits per heavy atom. The zero-order chi connectivity index (χ0) is 14.8. The Hall–Kier alpha value is -2.76. The van der Waals surface area contributed by atoms with Crippen LogP contribution in [0.5, 0.6) is 0 Å². The molecule has 0 atom stereocenters. The standard InChI is InChI=1S/C15H12FN3O2/c1-21-15(20)11-7-6-10(8-12(11)16)9-19-14-5-3-2-4-13(14)17-18-19/h2-8H,9H2,1H3. The van der Waals surface area contributed by atoms with Crippen molar-refractivity contribution < 1.29 is 13.9 Å². The summed E-state index contributed by atoms with van der Waals surface area (Å²) in [5.74, 6) is -1.30. The van der Waals surface area contributed by atoms with Crippen molar-refractivity contribution >= 4 is 17.0 Å². The molecule has 6 heteroatoms. The Morgan fingerprint density at radius 1 is 1.29 bits per heavy atom. The Labute approximate surface area is 120 Å². The van der Waals surface area contributed by atoms with Gasteiger partial charge in [0.05, 0.1) is 24.7 Å². The lowest BCUT2D eigenvalue weighted by molar-refractivity contribution is 0.0595. The van der Waals surface area contributed by atoms with Gasteiger partial charge in [0, 0.05) is 0 Å². The number of nitrogens with zero attached hydrogens (tertiary/aromatic N) is 3. The lowest BCUT2D eigenvalue weighted by atomic mass is 10.1. The molecule has 0 aliphatic rings. The van der Waals surface area contributed by atoms with E-state index in [1.165, 1.54) is 19.2 Å². The summed E-state index contributed by atoms with van der Waals surface area (Å²) in [6, 6.07) is 11.9. The van der Waals surface area contributed by atoms with E-state index in [0.29, 0.717) is 12.1 Å². The van der Waals surface area contributed by atoms with E-state index >= 15 is 0 Å². The number of para-hydroxylation sites is 1. The molecule has 0 fully saturated rings. The van der Waals surface area contributed by atoms with Crippen molar-refractivity contribution in [2.45, 2.75) is 6.54 Å². The molecule has 0 amide bonds. The van der Waals surface area contributed by atoms with Gasteiger partial charge in [0.2, 0.25) is 0 Å². The van der Waals surface area contributed by atoms with Crippen molar-refractivity contribution in [3.05, 3.63) is 59.4 Å². The van der Waals surface area contributed by atoms with Crippen molar-refractivity contribution in [2.24, 2.45) is 0 Å². The predicted octanol–water partition coefficient (Wildman–Crippen LogP) is 2.41. The third-order valence-electron chi connectivity index (χ3n) is 3.19. The van der Waals surface area contributed by atoms with Crippen LogP contribution in [0.2, 0.25) is 0 Å². The van der Waals surface area contributed by atoms with Gasteiger partial charge in [-0.2, -0.15) is 0 Å². The van der Waals surface area contributed by atoms with Crippen molar-refractivity contribution in [3.63, 3.8) is 0 Å². The molecule has 0 aliphatic carbocycles. The first-order valence-corrected chi connectivity index (χ1v) is 6.34. The van der Waals surface area contributed by atoms with Gasteiger partial charge < -0.3 is 4.74 Å². The van der Waals surface area contributed by atoms with Gasteiger partial charge in [0.25, 0.3) is 0 Å². The summed E-state index contributed by atoms with van der Waals surface area (Å²) < 4.78 is 20.1. The monoisotopic (exact) mass is 285 g/mol. The summed E-state index contributed by atoms with van der Waals surface area (Å²) in [6.45, 7) is 0.374. The lowest BCUT2D eigenvalue weighted by Gasteiger charge is -2.05. The minimum Gasteiger partial charge on any atom is -0.465 e. The molecule has 0 saturated heterocycles. The van der Waals surface area contributed by atoms with Crippen LogP contribution in [0.25, 0.3) is 11.0 Å². The van der Waals surface area contributed by atoms with Crippen LogP contribution in [0, 0.1) is 5.82 Å². The summed E-state index contributed by atoms with van der Waals surface area (Å²) in [7, 11) is 1.22. The highest BCUT2D eigenvalue weighted by Crippen LogP contribution is 2.15. The minimum atomic E-state index is -0.690. The lowest BCUT2D eigenvalue weighted by Crippen LogP contribution is -2.07. The second kappa shape index (κ2) is 5.32. The number of rotatable bonds is 3. The van der Waals surface area contributed by atoms with Gasteiger partial charge in [-0.05, 0) is 29.8 Å². The molecule has 0 unspecified atom stereocenters. The van der Waals surface area contributed by atoms with E-state index in [9.17, 15) is 9.18 Å². The van der Waals surface area contributed by atoms with Crippen LogP contribution in [-0.4, -0.2) is 28.1 Å². The number of carbonyl (C=O) groups excluding carboxylic acids is 1. The van der Waals surface area contributed by atoms with Crippen molar-refractivity contribution in [1.29, 1.82) is 0 Å². The fraction of sp³-hybridized carbons (Fsp3) is 0.133. The molecule has 106 valence electrons. The molecule has 3 rings (SSSR count). The first-order chi connectivity index (χ1) is 10.2. The fourth-order valence-corrected chi connectivity index (χ4v) is 2.14. The average molecular weight is 285 g/mol. The molecule has 0 saturated carbocycles. The number of aromatic nitrogens is 3. The van der Waals surface area contributed by atoms with E-state index in [4.69, 9.17) is 0 Å². The van der Waals surface area contributed by atoms with Crippen molar-refractivity contribution in [1.82, 2.24) is 15.0 Å². The molecule has 0 radical (unpaired) electrons. The van der Waals surface area contributed by atoms with Crippen LogP contribution in [0.4, 0.5) is 4.39 Å². The van der Waals surface area contributed by atoms with Gasteiger partial charge in [-0.25, -0.2) is 13.9 Å². The molecule has 0 bridgehead atoms. The maximum absolute atomic E-state index is 13.9. The summed E-state index contributed by atoms with van der Waals surface area (Å²) >= 11 is 0. The van der Waals surface area contributed by atoms with Gasteiger partial charge >= 0.3 is 5.97 Å². The number of fused-ring (bicyclic) bond motifs is 1. The van der Waals surface area contributed by atoms with Crippen LogP contribution in [0.15, 0.2) is 42.5 Å². The highest BCUT2D eigenvalue weighted by atomic mass is 19.1. The molecule has 0 N–H and O–H groups in total. The van der Waals surface area contributed by atoms with E-state index in [1.807, 2.05) is 24.3 Å². The van der Waals surface area contributed by atoms with Crippen molar-refractivity contribution in [2.75, 3.05) is 7.11 Å². The van der Waals surface area contributed by atoms with Gasteiger partial charge in [-0.1, -0.05) is 23.4 Å². The summed E-state index contributed by atoms with van der Waals surface area (Å²) in [4.78, 5) is 11.3. The van der Waals surface area contributed by atoms with Crippen molar-refractivity contribution in [3.8, 4) is 0 Å². The summed E-state index contributed by atoms with van der Waals surface area (Å²) in [5.41, 5.74) is 2.26. The number of benzene rings is 2. The quantitative estimate of drug-likeness (QED) is 0.693. The number of hydrogen-bond acceptors (Lipinski definition) is 4. The van der Waals surface area contributed by atoms with Gasteiger partial charge in [-0.15, -0.1) is 5.10 Å². The summed E-state index contributed by atoms with van der Waals surface area (Å²) in [5, 5.41) is 8.09. The molecule has 1 heterocycles. The predicted molar refractivity (Wildman–Crippen MR) is 74.4 cm³/mol. The molecule has 2 aromatic carbocycles. The average Bonchev–Trinajstić information content (AvgIpc) is 2.90. The highest BCUT2D eigenvalue weighted by Gasteiger charge is 2.13. The molecular weight excluding hydrogens is 273 g/mol. The van der Waals surface area contributed by atoms with Crippen LogP contribution >= 0.6 is 0 Å². The third-order valence-corrected chi connectivity index (χ3v) is 3.19. The van der Waals surface area contributed by atoms with Crippen LogP contribution < -0.4 is 0 Å². The molecule has 0 spiro atoms. The smallest absolute Gasteiger partial charge is 0.340 e. The Balaban J connectivity index is 1.92. The molecule has 1 aromatic heterocycles. The maximum Gasteiger partial charge on any atom is 0.340 e.